The van der Waals surface area contributed by atoms with E-state index in [2.05, 4.69) is 10.6 Å². The van der Waals surface area contributed by atoms with Crippen molar-refractivity contribution in [3.63, 3.8) is 0 Å². The van der Waals surface area contributed by atoms with E-state index in [4.69, 9.17) is 4.74 Å². The monoisotopic (exact) mass is 382 g/mol. The molecule has 3 N–H and O–H groups in total. The molecule has 0 fully saturated rings. The number of carbonyl (C=O) groups excluding carboxylic acids is 2. The molecule has 27 heavy (non-hydrogen) atoms. The van der Waals surface area contributed by atoms with E-state index < -0.39 is 30.8 Å². The zero-order chi connectivity index (χ0) is 20.6. The number of aryl methyl sites for hydroxylation is 1. The highest BCUT2D eigenvalue weighted by molar-refractivity contribution is 5.89. The van der Waals surface area contributed by atoms with E-state index in [9.17, 15) is 19.1 Å². The van der Waals surface area contributed by atoms with Crippen LogP contribution in [0.1, 0.15) is 38.3 Å². The van der Waals surface area contributed by atoms with Gasteiger partial charge in [0, 0.05) is 5.56 Å². The molecule has 7 heteroatoms. The molecule has 3 atom stereocenters. The topological polar surface area (TPSA) is 87.7 Å². The molecule has 0 aliphatic heterocycles. The Morgan fingerprint density at radius 3 is 2.44 bits per heavy atom. The third-order valence-electron chi connectivity index (χ3n) is 4.44. The molecular formula is C20H31FN2O4. The van der Waals surface area contributed by atoms with Crippen molar-refractivity contribution in [1.82, 2.24) is 10.6 Å². The van der Waals surface area contributed by atoms with Gasteiger partial charge in [0.05, 0.1) is 19.6 Å². The molecule has 0 aliphatic carbocycles. The average Bonchev–Trinajstić information content (AvgIpc) is 2.63. The Labute approximate surface area is 160 Å². The highest BCUT2D eigenvalue weighted by Crippen LogP contribution is 2.20. The molecule has 0 saturated carbocycles. The molecule has 0 heterocycles. The Morgan fingerprint density at radius 1 is 1.26 bits per heavy atom. The van der Waals surface area contributed by atoms with Gasteiger partial charge in [-0.3, -0.25) is 9.59 Å². The fourth-order valence-corrected chi connectivity index (χ4v) is 2.83. The number of rotatable bonds is 10. The standard InChI is InChI=1S/C20H31FN2O4/c1-6-15(16(24)11-21)22-20(26)19(12(2)3)23-18(25)10-14-9-13(4)7-8-17(14)27-5/h7-9,12,15-16,19,24H,6,10-11H2,1-5H3,(H,22,26)(H,23,25)/t15?,16?,19-/m0/s1. The summed E-state index contributed by atoms with van der Waals surface area (Å²) >= 11 is 0. The molecule has 0 aliphatic rings. The van der Waals surface area contributed by atoms with E-state index >= 15 is 0 Å². The van der Waals surface area contributed by atoms with E-state index in [1.807, 2.05) is 32.9 Å². The highest BCUT2D eigenvalue weighted by Gasteiger charge is 2.28. The number of carbonyl (C=O) groups is 2. The van der Waals surface area contributed by atoms with Crippen molar-refractivity contribution in [3.05, 3.63) is 29.3 Å². The molecule has 1 aromatic rings. The van der Waals surface area contributed by atoms with Crippen LogP contribution in [0, 0.1) is 12.8 Å². The SMILES string of the molecule is CCC(NC(=O)[C@@H](NC(=O)Cc1cc(C)ccc1OC)C(C)C)C(O)CF. The van der Waals surface area contributed by atoms with Crippen LogP contribution in [0.15, 0.2) is 18.2 Å². The summed E-state index contributed by atoms with van der Waals surface area (Å²) in [4.78, 5) is 25.1. The Hall–Kier alpha value is -2.15. The average molecular weight is 382 g/mol. The highest BCUT2D eigenvalue weighted by atomic mass is 19.1. The largest absolute Gasteiger partial charge is 0.496 e. The number of hydrogen-bond donors (Lipinski definition) is 3. The first-order valence-corrected chi connectivity index (χ1v) is 9.20. The van der Waals surface area contributed by atoms with Crippen LogP contribution >= 0.6 is 0 Å². The van der Waals surface area contributed by atoms with E-state index in [1.54, 1.807) is 13.0 Å². The molecule has 0 radical (unpaired) electrons. The van der Waals surface area contributed by atoms with Crippen molar-refractivity contribution < 1.29 is 23.8 Å². The number of nitrogens with one attached hydrogen (secondary N) is 2. The number of alkyl halides is 1. The second kappa shape index (κ2) is 10.9. The lowest BCUT2D eigenvalue weighted by Gasteiger charge is -2.26. The van der Waals surface area contributed by atoms with E-state index in [0.717, 1.165) is 11.1 Å². The summed E-state index contributed by atoms with van der Waals surface area (Å²) in [5, 5.41) is 15.0. The molecule has 2 amide bonds. The molecule has 0 bridgehead atoms. The minimum Gasteiger partial charge on any atom is -0.496 e. The van der Waals surface area contributed by atoms with Gasteiger partial charge in [0.15, 0.2) is 0 Å². The fourth-order valence-electron chi connectivity index (χ4n) is 2.83. The van der Waals surface area contributed by atoms with Crippen molar-refractivity contribution >= 4 is 11.8 Å². The third kappa shape index (κ3) is 6.82. The number of halogens is 1. The van der Waals surface area contributed by atoms with Crippen molar-refractivity contribution in [2.24, 2.45) is 5.92 Å². The summed E-state index contributed by atoms with van der Waals surface area (Å²) in [6, 6.07) is 4.08. The lowest BCUT2D eigenvalue weighted by atomic mass is 10.0. The van der Waals surface area contributed by atoms with Crippen LogP contribution in [0.2, 0.25) is 0 Å². The van der Waals surface area contributed by atoms with Gasteiger partial charge in [-0.25, -0.2) is 4.39 Å². The van der Waals surface area contributed by atoms with Gasteiger partial charge in [0.2, 0.25) is 11.8 Å². The predicted molar refractivity (Wildman–Crippen MR) is 102 cm³/mol. The van der Waals surface area contributed by atoms with Gasteiger partial charge in [0.25, 0.3) is 0 Å². The van der Waals surface area contributed by atoms with Crippen LogP contribution in [-0.2, 0) is 16.0 Å². The van der Waals surface area contributed by atoms with Crippen LogP contribution < -0.4 is 15.4 Å². The molecule has 1 aromatic carbocycles. The summed E-state index contributed by atoms with van der Waals surface area (Å²) < 4.78 is 18.0. The number of methoxy groups -OCH3 is 1. The van der Waals surface area contributed by atoms with E-state index in [0.29, 0.717) is 12.2 Å². The quantitative estimate of drug-likeness (QED) is 0.577. The zero-order valence-corrected chi connectivity index (χ0v) is 16.7. The van der Waals surface area contributed by atoms with Gasteiger partial charge in [-0.15, -0.1) is 0 Å². The summed E-state index contributed by atoms with van der Waals surface area (Å²) in [5.74, 6) is -0.312. The van der Waals surface area contributed by atoms with Gasteiger partial charge < -0.3 is 20.5 Å². The molecular weight excluding hydrogens is 351 g/mol. The van der Waals surface area contributed by atoms with Gasteiger partial charge in [-0.05, 0) is 25.3 Å². The van der Waals surface area contributed by atoms with Crippen molar-refractivity contribution in [2.45, 2.75) is 58.7 Å². The number of benzene rings is 1. The summed E-state index contributed by atoms with van der Waals surface area (Å²) in [6.45, 7) is 6.35. The van der Waals surface area contributed by atoms with E-state index in [1.165, 1.54) is 7.11 Å². The fraction of sp³-hybridized carbons (Fsp3) is 0.600. The smallest absolute Gasteiger partial charge is 0.243 e. The number of amides is 2. The van der Waals surface area contributed by atoms with Crippen molar-refractivity contribution in [3.8, 4) is 5.75 Å². The predicted octanol–water partition coefficient (Wildman–Crippen LogP) is 1.91. The number of hydrogen-bond acceptors (Lipinski definition) is 4. The van der Waals surface area contributed by atoms with E-state index in [-0.39, 0.29) is 18.2 Å². The number of ether oxygens (including phenoxy) is 1. The van der Waals surface area contributed by atoms with Gasteiger partial charge in [-0.2, -0.15) is 0 Å². The summed E-state index contributed by atoms with van der Waals surface area (Å²) in [6.07, 6.45) is -0.805. The second-order valence-electron chi connectivity index (χ2n) is 7.03. The van der Waals surface area contributed by atoms with Crippen LogP contribution in [0.3, 0.4) is 0 Å². The second-order valence-corrected chi connectivity index (χ2v) is 7.03. The van der Waals surface area contributed by atoms with Crippen LogP contribution in [0.25, 0.3) is 0 Å². The number of aliphatic hydroxyl groups is 1. The molecule has 0 saturated heterocycles. The molecule has 6 nitrogen and oxygen atoms in total. The maximum absolute atomic E-state index is 12.7. The number of aliphatic hydroxyl groups excluding tert-OH is 1. The van der Waals surface area contributed by atoms with Gasteiger partial charge >= 0.3 is 0 Å². The summed E-state index contributed by atoms with van der Waals surface area (Å²) in [7, 11) is 1.54. The molecule has 152 valence electrons. The lowest BCUT2D eigenvalue weighted by molar-refractivity contribution is -0.130. The van der Waals surface area contributed by atoms with Crippen LogP contribution in [0.4, 0.5) is 4.39 Å². The first kappa shape index (κ1) is 22.9. The van der Waals surface area contributed by atoms with Crippen LogP contribution in [0.5, 0.6) is 5.75 Å². The zero-order valence-electron chi connectivity index (χ0n) is 16.7. The van der Waals surface area contributed by atoms with Crippen molar-refractivity contribution in [2.75, 3.05) is 13.8 Å². The van der Waals surface area contributed by atoms with Gasteiger partial charge in [0.1, 0.15) is 24.6 Å². The minimum absolute atomic E-state index is 0.0751. The summed E-state index contributed by atoms with van der Waals surface area (Å²) in [5.41, 5.74) is 1.74. The Bertz CT molecular complexity index is 636. The maximum Gasteiger partial charge on any atom is 0.243 e. The molecule has 0 spiro atoms. The molecule has 2 unspecified atom stereocenters. The lowest BCUT2D eigenvalue weighted by Crippen LogP contribution is -2.54. The van der Waals surface area contributed by atoms with Crippen molar-refractivity contribution in [1.29, 1.82) is 0 Å². The Kier molecular flexibility index (Phi) is 9.21. The molecule has 1 rings (SSSR count). The Morgan fingerprint density at radius 2 is 1.93 bits per heavy atom. The Balaban J connectivity index is 2.83. The third-order valence-corrected chi connectivity index (χ3v) is 4.44. The first-order valence-electron chi connectivity index (χ1n) is 9.20. The first-order chi connectivity index (χ1) is 12.7. The van der Waals surface area contributed by atoms with Crippen LogP contribution in [-0.4, -0.2) is 48.9 Å². The maximum atomic E-state index is 12.7. The minimum atomic E-state index is -1.26. The molecule has 0 aromatic heterocycles. The van der Waals surface area contributed by atoms with Gasteiger partial charge in [-0.1, -0.05) is 38.5 Å². The normalized spacial score (nSPS) is 14.4.